The van der Waals surface area contributed by atoms with Crippen molar-refractivity contribution in [2.24, 2.45) is 15.8 Å². The summed E-state index contributed by atoms with van der Waals surface area (Å²) in [5, 5.41) is 12.5. The molecule has 2 aliphatic heterocycles. The van der Waals surface area contributed by atoms with Gasteiger partial charge in [-0.25, -0.2) is 0 Å². The number of aliphatic imine (C=N–C) groups is 1. The molecule has 0 spiro atoms. The van der Waals surface area contributed by atoms with Crippen LogP contribution in [0.5, 0.6) is 0 Å². The molecule has 0 aromatic heterocycles. The molecule has 2 heterocycles. The molecular formula is C17H29N3O2. The highest BCUT2D eigenvalue weighted by Gasteiger charge is 2.41. The lowest BCUT2D eigenvalue weighted by Gasteiger charge is -2.47. The number of hydrogen-bond acceptors (Lipinski definition) is 4. The first-order chi connectivity index (χ1) is 9.93. The van der Waals surface area contributed by atoms with Crippen molar-refractivity contribution in [3.8, 4) is 0 Å². The third kappa shape index (κ3) is 3.05. The Morgan fingerprint density at radius 3 is 2.27 bits per heavy atom. The van der Waals surface area contributed by atoms with Gasteiger partial charge in [0, 0.05) is 17.7 Å². The molecule has 0 radical (unpaired) electrons. The maximum Gasteiger partial charge on any atom is 0.322 e. The summed E-state index contributed by atoms with van der Waals surface area (Å²) in [6.07, 6.45) is 0. The number of carboxylic acid groups (broad SMARTS) is 1. The molecule has 22 heavy (non-hydrogen) atoms. The van der Waals surface area contributed by atoms with Crippen LogP contribution in [-0.2, 0) is 4.79 Å². The minimum absolute atomic E-state index is 0.0116. The second-order valence-electron chi connectivity index (χ2n) is 8.37. The average Bonchev–Trinajstić information content (AvgIpc) is 2.34. The van der Waals surface area contributed by atoms with E-state index < -0.39 is 12.0 Å². The minimum Gasteiger partial charge on any atom is -0.480 e. The van der Waals surface area contributed by atoms with Crippen LogP contribution in [0.25, 0.3) is 0 Å². The van der Waals surface area contributed by atoms with Gasteiger partial charge in [0.05, 0.1) is 12.6 Å². The Morgan fingerprint density at radius 2 is 1.82 bits per heavy atom. The van der Waals surface area contributed by atoms with Gasteiger partial charge in [0.15, 0.2) is 0 Å². The fourth-order valence-corrected chi connectivity index (χ4v) is 3.51. The van der Waals surface area contributed by atoms with E-state index in [1.165, 1.54) is 11.3 Å². The van der Waals surface area contributed by atoms with Crippen LogP contribution < -0.4 is 5.32 Å². The Labute approximate surface area is 133 Å². The van der Waals surface area contributed by atoms with Crippen molar-refractivity contribution in [2.45, 2.75) is 60.5 Å². The molecule has 1 saturated heterocycles. The molecule has 0 aromatic rings. The Balaban J connectivity index is 2.51. The Kier molecular flexibility index (Phi) is 4.15. The smallest absolute Gasteiger partial charge is 0.322 e. The highest BCUT2D eigenvalue weighted by atomic mass is 16.4. The van der Waals surface area contributed by atoms with Gasteiger partial charge in [-0.3, -0.25) is 15.1 Å². The van der Waals surface area contributed by atoms with E-state index >= 15 is 0 Å². The number of nitrogens with one attached hydrogen (secondary N) is 1. The standard InChI is InChI=1S/C17H29N3O2/c1-10-13(16(2,3)4)12-8-18-11(14(21)22)9-20(12)15(19-10)17(5,6)7/h10-11,18H,8-9H2,1-7H3,(H,21,22)/t10-,11?/m0/s1. The molecule has 2 N–H and O–H groups in total. The van der Waals surface area contributed by atoms with E-state index in [1.54, 1.807) is 0 Å². The molecule has 1 unspecified atom stereocenters. The van der Waals surface area contributed by atoms with Gasteiger partial charge < -0.3 is 10.0 Å². The summed E-state index contributed by atoms with van der Waals surface area (Å²) in [6, 6.07) is -0.422. The normalized spacial score (nSPS) is 26.7. The van der Waals surface area contributed by atoms with Gasteiger partial charge in [0.25, 0.3) is 0 Å². The number of fused-ring (bicyclic) bond motifs is 1. The van der Waals surface area contributed by atoms with Crippen LogP contribution in [0.2, 0.25) is 0 Å². The number of hydrogen-bond donors (Lipinski definition) is 2. The zero-order valence-electron chi connectivity index (χ0n) is 14.8. The minimum atomic E-state index is -0.803. The highest BCUT2D eigenvalue weighted by molar-refractivity contribution is 5.91. The molecule has 124 valence electrons. The predicted molar refractivity (Wildman–Crippen MR) is 89.0 cm³/mol. The van der Waals surface area contributed by atoms with Crippen LogP contribution in [0.1, 0.15) is 48.5 Å². The van der Waals surface area contributed by atoms with Crippen LogP contribution in [0.3, 0.4) is 0 Å². The first-order valence-electron chi connectivity index (χ1n) is 7.98. The van der Waals surface area contributed by atoms with Crippen molar-refractivity contribution in [3.05, 3.63) is 11.3 Å². The number of nitrogens with zero attached hydrogens (tertiary/aromatic N) is 2. The van der Waals surface area contributed by atoms with Crippen LogP contribution in [0, 0.1) is 10.8 Å². The largest absolute Gasteiger partial charge is 0.480 e. The van der Waals surface area contributed by atoms with Crippen LogP contribution in [0.15, 0.2) is 16.3 Å². The molecule has 0 bridgehead atoms. The number of amidine groups is 1. The molecule has 2 rings (SSSR count). The summed E-state index contributed by atoms with van der Waals surface area (Å²) in [4.78, 5) is 18.5. The molecule has 0 saturated carbocycles. The second kappa shape index (κ2) is 5.37. The third-order valence-electron chi connectivity index (χ3n) is 4.28. The summed E-state index contributed by atoms with van der Waals surface area (Å²) in [5.74, 6) is 0.194. The third-order valence-corrected chi connectivity index (χ3v) is 4.28. The van der Waals surface area contributed by atoms with E-state index in [2.05, 4.69) is 58.7 Å². The molecule has 5 heteroatoms. The predicted octanol–water partition coefficient (Wildman–Crippen LogP) is 2.49. The number of aliphatic carboxylic acids is 1. The molecule has 2 atom stereocenters. The number of rotatable bonds is 1. The summed E-state index contributed by atoms with van der Waals surface area (Å²) in [7, 11) is 0. The van der Waals surface area contributed by atoms with Gasteiger partial charge in [0.2, 0.25) is 0 Å². The maximum atomic E-state index is 11.4. The van der Waals surface area contributed by atoms with Crippen molar-refractivity contribution in [1.29, 1.82) is 0 Å². The average molecular weight is 307 g/mol. The SMILES string of the molecule is C[C@@H]1N=C(C(C)(C)C)N2CC(C(=O)O)NCC2=C1C(C)(C)C. The van der Waals surface area contributed by atoms with Gasteiger partial charge in [-0.05, 0) is 17.9 Å². The molecule has 0 aromatic carbocycles. The van der Waals surface area contributed by atoms with Gasteiger partial charge in [-0.1, -0.05) is 41.5 Å². The fourth-order valence-electron chi connectivity index (χ4n) is 3.51. The quantitative estimate of drug-likeness (QED) is 0.781. The fraction of sp³-hybridized carbons (Fsp3) is 0.765. The lowest BCUT2D eigenvalue weighted by Crippen LogP contribution is -2.59. The van der Waals surface area contributed by atoms with Gasteiger partial charge in [0.1, 0.15) is 11.9 Å². The van der Waals surface area contributed by atoms with E-state index in [4.69, 9.17) is 4.99 Å². The zero-order chi connectivity index (χ0) is 16.9. The topological polar surface area (TPSA) is 64.9 Å². The van der Waals surface area contributed by atoms with E-state index in [1.807, 2.05) is 0 Å². The van der Waals surface area contributed by atoms with Crippen molar-refractivity contribution >= 4 is 11.8 Å². The number of carbonyl (C=O) groups is 1. The van der Waals surface area contributed by atoms with Gasteiger partial charge in [-0.15, -0.1) is 0 Å². The summed E-state index contributed by atoms with van der Waals surface area (Å²) >= 11 is 0. The molecular weight excluding hydrogens is 278 g/mol. The van der Waals surface area contributed by atoms with Crippen molar-refractivity contribution in [2.75, 3.05) is 13.1 Å². The lowest BCUT2D eigenvalue weighted by atomic mass is 9.78. The molecule has 0 amide bonds. The van der Waals surface area contributed by atoms with Crippen LogP contribution in [-0.4, -0.2) is 47.0 Å². The summed E-state index contributed by atoms with van der Waals surface area (Å²) in [5.41, 5.74) is 2.41. The highest BCUT2D eigenvalue weighted by Crippen LogP contribution is 2.39. The van der Waals surface area contributed by atoms with E-state index in [0.29, 0.717) is 13.1 Å². The van der Waals surface area contributed by atoms with Gasteiger partial charge >= 0.3 is 5.97 Å². The lowest BCUT2D eigenvalue weighted by molar-refractivity contribution is -0.140. The molecule has 0 aliphatic carbocycles. The first kappa shape index (κ1) is 17.0. The van der Waals surface area contributed by atoms with E-state index in [9.17, 15) is 9.90 Å². The Hall–Kier alpha value is -1.36. The van der Waals surface area contributed by atoms with Crippen LogP contribution in [0.4, 0.5) is 0 Å². The Bertz CT molecular complexity index is 535. The van der Waals surface area contributed by atoms with Crippen LogP contribution >= 0.6 is 0 Å². The van der Waals surface area contributed by atoms with E-state index in [0.717, 1.165) is 5.84 Å². The van der Waals surface area contributed by atoms with Crippen molar-refractivity contribution in [3.63, 3.8) is 0 Å². The number of carboxylic acids is 1. The molecule has 1 fully saturated rings. The van der Waals surface area contributed by atoms with Crippen molar-refractivity contribution < 1.29 is 9.90 Å². The molecule has 2 aliphatic rings. The zero-order valence-corrected chi connectivity index (χ0v) is 14.8. The summed E-state index contributed by atoms with van der Waals surface area (Å²) in [6.45, 7) is 16.2. The van der Waals surface area contributed by atoms with Crippen molar-refractivity contribution in [1.82, 2.24) is 10.2 Å². The van der Waals surface area contributed by atoms with E-state index in [-0.39, 0.29) is 16.9 Å². The molecule has 5 nitrogen and oxygen atoms in total. The first-order valence-corrected chi connectivity index (χ1v) is 7.98. The monoisotopic (exact) mass is 307 g/mol. The summed E-state index contributed by atoms with van der Waals surface area (Å²) < 4.78 is 0. The maximum absolute atomic E-state index is 11.4. The Morgan fingerprint density at radius 1 is 1.23 bits per heavy atom. The second-order valence-corrected chi connectivity index (χ2v) is 8.37. The number of piperazine rings is 1. The van der Waals surface area contributed by atoms with Gasteiger partial charge in [-0.2, -0.15) is 0 Å².